The molecule has 6 heteroatoms. The number of ether oxygens (including phenoxy) is 1. The molecule has 2 rings (SSSR count). The van der Waals surface area contributed by atoms with Crippen molar-refractivity contribution in [1.29, 1.82) is 0 Å². The van der Waals surface area contributed by atoms with Crippen LogP contribution in [0.1, 0.15) is 17.2 Å². The number of pyridine rings is 2. The van der Waals surface area contributed by atoms with E-state index in [9.17, 15) is 4.39 Å². The Labute approximate surface area is 104 Å². The smallest absolute Gasteiger partial charge is 0.146 e. The number of hydrogen-bond donors (Lipinski definition) is 2. The van der Waals surface area contributed by atoms with E-state index in [1.165, 1.54) is 13.3 Å². The average molecular weight is 248 g/mol. The number of hydrogen-bond acceptors (Lipinski definition) is 5. The van der Waals surface area contributed by atoms with Crippen LogP contribution in [-0.4, -0.2) is 17.1 Å². The molecule has 0 bridgehead atoms. The monoisotopic (exact) mass is 248 g/mol. The molecule has 0 aliphatic heterocycles. The first-order valence-electron chi connectivity index (χ1n) is 5.31. The molecular formula is C12H13FN4O. The molecule has 0 aromatic carbocycles. The maximum Gasteiger partial charge on any atom is 0.146 e. The molecule has 5 nitrogen and oxygen atoms in total. The topological polar surface area (TPSA) is 73.1 Å². The molecular weight excluding hydrogens is 235 g/mol. The van der Waals surface area contributed by atoms with Gasteiger partial charge < -0.3 is 4.74 Å². The normalized spacial score (nSPS) is 12.2. The van der Waals surface area contributed by atoms with Crippen LogP contribution in [0.2, 0.25) is 0 Å². The Bertz CT molecular complexity index is 535. The molecule has 2 aromatic rings. The zero-order chi connectivity index (χ0) is 13.0. The van der Waals surface area contributed by atoms with E-state index in [0.717, 1.165) is 6.20 Å². The number of nitrogens with zero attached hydrogens (tertiary/aromatic N) is 2. The summed E-state index contributed by atoms with van der Waals surface area (Å²) in [5, 5.41) is 0. The highest BCUT2D eigenvalue weighted by Crippen LogP contribution is 2.29. The third-order valence-corrected chi connectivity index (χ3v) is 2.63. The number of rotatable bonds is 4. The summed E-state index contributed by atoms with van der Waals surface area (Å²) in [4.78, 5) is 7.66. The van der Waals surface area contributed by atoms with E-state index in [0.29, 0.717) is 16.9 Å². The van der Waals surface area contributed by atoms with Crippen LogP contribution in [0.5, 0.6) is 5.75 Å². The molecule has 0 aliphatic carbocycles. The number of methoxy groups -OCH3 is 1. The van der Waals surface area contributed by atoms with Crippen molar-refractivity contribution in [1.82, 2.24) is 15.4 Å². The molecule has 18 heavy (non-hydrogen) atoms. The van der Waals surface area contributed by atoms with Crippen LogP contribution < -0.4 is 16.0 Å². The highest BCUT2D eigenvalue weighted by Gasteiger charge is 2.19. The Morgan fingerprint density at radius 2 is 1.89 bits per heavy atom. The maximum atomic E-state index is 13.7. The second-order valence-corrected chi connectivity index (χ2v) is 3.61. The number of halogens is 1. The molecule has 1 atom stereocenters. The van der Waals surface area contributed by atoms with Crippen LogP contribution in [0.4, 0.5) is 4.39 Å². The predicted octanol–water partition coefficient (Wildman–Crippen LogP) is 1.18. The zero-order valence-electron chi connectivity index (χ0n) is 9.80. The molecule has 0 spiro atoms. The van der Waals surface area contributed by atoms with E-state index in [1.807, 2.05) is 0 Å². The number of nitrogens with one attached hydrogen (secondary N) is 1. The second kappa shape index (κ2) is 5.52. The van der Waals surface area contributed by atoms with Crippen LogP contribution >= 0.6 is 0 Å². The third-order valence-electron chi connectivity index (χ3n) is 2.63. The molecule has 2 aromatic heterocycles. The molecule has 0 radical (unpaired) electrons. The minimum atomic E-state index is -0.522. The lowest BCUT2D eigenvalue weighted by Crippen LogP contribution is -2.30. The predicted molar refractivity (Wildman–Crippen MR) is 64.2 cm³/mol. The van der Waals surface area contributed by atoms with Gasteiger partial charge in [0.1, 0.15) is 11.6 Å². The Morgan fingerprint density at radius 3 is 2.50 bits per heavy atom. The van der Waals surface area contributed by atoms with E-state index in [2.05, 4.69) is 15.4 Å². The van der Waals surface area contributed by atoms with Gasteiger partial charge in [0.15, 0.2) is 0 Å². The van der Waals surface area contributed by atoms with Crippen molar-refractivity contribution >= 4 is 0 Å². The molecule has 0 aliphatic rings. The van der Waals surface area contributed by atoms with Crippen molar-refractivity contribution in [2.45, 2.75) is 6.04 Å². The summed E-state index contributed by atoms with van der Waals surface area (Å²) in [5.74, 6) is 5.62. The van der Waals surface area contributed by atoms with Crippen LogP contribution in [0.3, 0.4) is 0 Å². The molecule has 1 unspecified atom stereocenters. The van der Waals surface area contributed by atoms with Crippen molar-refractivity contribution in [2.24, 2.45) is 5.84 Å². The van der Waals surface area contributed by atoms with Gasteiger partial charge in [0.2, 0.25) is 0 Å². The highest BCUT2D eigenvalue weighted by atomic mass is 19.1. The summed E-state index contributed by atoms with van der Waals surface area (Å²) in [6.45, 7) is 0. The van der Waals surface area contributed by atoms with Crippen LogP contribution in [0.15, 0.2) is 36.9 Å². The van der Waals surface area contributed by atoms with E-state index < -0.39 is 11.9 Å². The minimum Gasteiger partial charge on any atom is -0.495 e. The van der Waals surface area contributed by atoms with Gasteiger partial charge in [0, 0.05) is 23.5 Å². The van der Waals surface area contributed by atoms with Gasteiger partial charge in [-0.25, -0.2) is 9.82 Å². The first-order chi connectivity index (χ1) is 8.77. The summed E-state index contributed by atoms with van der Waals surface area (Å²) >= 11 is 0. The van der Waals surface area contributed by atoms with Crippen LogP contribution in [-0.2, 0) is 0 Å². The second-order valence-electron chi connectivity index (χ2n) is 3.61. The molecule has 3 N–H and O–H groups in total. The van der Waals surface area contributed by atoms with Crippen molar-refractivity contribution < 1.29 is 9.13 Å². The molecule has 0 saturated heterocycles. The van der Waals surface area contributed by atoms with Crippen molar-refractivity contribution in [2.75, 3.05) is 7.11 Å². The largest absolute Gasteiger partial charge is 0.495 e. The van der Waals surface area contributed by atoms with E-state index in [1.54, 1.807) is 24.5 Å². The fourth-order valence-corrected chi connectivity index (χ4v) is 1.77. The summed E-state index contributed by atoms with van der Waals surface area (Å²) in [7, 11) is 1.52. The summed E-state index contributed by atoms with van der Waals surface area (Å²) in [6.07, 6.45) is 5.81. The molecule has 0 fully saturated rings. The number of nitrogens with two attached hydrogens (primary N) is 1. The quantitative estimate of drug-likeness (QED) is 0.628. The summed E-state index contributed by atoms with van der Waals surface area (Å²) in [6, 6.07) is 2.77. The Balaban J connectivity index is 2.49. The fraction of sp³-hybridized carbons (Fsp3) is 0.167. The summed E-state index contributed by atoms with van der Waals surface area (Å²) in [5.41, 5.74) is 3.68. The van der Waals surface area contributed by atoms with Gasteiger partial charge >= 0.3 is 0 Å². The first-order valence-corrected chi connectivity index (χ1v) is 5.31. The third kappa shape index (κ3) is 2.29. The Hall–Kier alpha value is -2.05. The molecule has 0 amide bonds. The average Bonchev–Trinajstić information content (AvgIpc) is 2.42. The first kappa shape index (κ1) is 12.4. The van der Waals surface area contributed by atoms with Crippen molar-refractivity contribution in [3.05, 3.63) is 53.9 Å². The van der Waals surface area contributed by atoms with Crippen LogP contribution in [0, 0.1) is 5.82 Å². The Morgan fingerprint density at radius 1 is 1.22 bits per heavy atom. The Kier molecular flexibility index (Phi) is 3.81. The molecule has 94 valence electrons. The van der Waals surface area contributed by atoms with Gasteiger partial charge in [-0.2, -0.15) is 0 Å². The van der Waals surface area contributed by atoms with Gasteiger partial charge in [-0.15, -0.1) is 0 Å². The van der Waals surface area contributed by atoms with Crippen molar-refractivity contribution in [3.8, 4) is 5.75 Å². The standard InChI is InChI=1S/C12H13FN4O/c1-18-11-7-16-5-3-9(11)12(17-14)8-2-4-15-6-10(8)13/h2-7,12,17H,14H2,1H3. The maximum absolute atomic E-state index is 13.7. The lowest BCUT2D eigenvalue weighted by molar-refractivity contribution is 0.401. The van der Waals surface area contributed by atoms with Gasteiger partial charge in [-0.3, -0.25) is 15.8 Å². The van der Waals surface area contributed by atoms with Crippen LogP contribution in [0.25, 0.3) is 0 Å². The van der Waals surface area contributed by atoms with Gasteiger partial charge in [-0.05, 0) is 12.1 Å². The van der Waals surface area contributed by atoms with E-state index in [-0.39, 0.29) is 0 Å². The van der Waals surface area contributed by atoms with Crippen molar-refractivity contribution in [3.63, 3.8) is 0 Å². The van der Waals surface area contributed by atoms with Gasteiger partial charge in [-0.1, -0.05) is 0 Å². The lowest BCUT2D eigenvalue weighted by atomic mass is 10.0. The van der Waals surface area contributed by atoms with E-state index >= 15 is 0 Å². The highest BCUT2D eigenvalue weighted by molar-refractivity contribution is 5.39. The summed E-state index contributed by atoms with van der Waals surface area (Å²) < 4.78 is 18.9. The minimum absolute atomic E-state index is 0.400. The van der Waals surface area contributed by atoms with E-state index in [4.69, 9.17) is 10.6 Å². The molecule has 2 heterocycles. The number of aromatic nitrogens is 2. The fourth-order valence-electron chi connectivity index (χ4n) is 1.77. The number of hydrazine groups is 1. The lowest BCUT2D eigenvalue weighted by Gasteiger charge is -2.19. The van der Waals surface area contributed by atoms with Gasteiger partial charge in [0.05, 0.1) is 25.5 Å². The van der Waals surface area contributed by atoms with Gasteiger partial charge in [0.25, 0.3) is 0 Å². The molecule has 0 saturated carbocycles. The SMILES string of the molecule is COc1cnccc1C(NN)c1ccncc1F. The zero-order valence-corrected chi connectivity index (χ0v) is 9.80.